The van der Waals surface area contributed by atoms with E-state index in [0.717, 1.165) is 22.4 Å². The third-order valence-corrected chi connectivity index (χ3v) is 4.44. The van der Waals surface area contributed by atoms with Crippen molar-refractivity contribution in [2.45, 2.75) is 18.8 Å². The van der Waals surface area contributed by atoms with Crippen LogP contribution in [0.1, 0.15) is 24.4 Å². The Morgan fingerprint density at radius 2 is 2.00 bits per heavy atom. The summed E-state index contributed by atoms with van der Waals surface area (Å²) >= 11 is 9.22. The highest BCUT2D eigenvalue weighted by Crippen LogP contribution is 2.29. The fraction of sp³-hybridized carbons (Fsp3) is 0.188. The van der Waals surface area contributed by atoms with Crippen LogP contribution in [0.25, 0.3) is 11.0 Å². The summed E-state index contributed by atoms with van der Waals surface area (Å²) in [5.74, 6) is 0.719. The van der Waals surface area contributed by atoms with Gasteiger partial charge in [-0.05, 0) is 34.5 Å². The van der Waals surface area contributed by atoms with Crippen molar-refractivity contribution in [1.29, 1.82) is 0 Å². The molecule has 0 N–H and O–H groups in total. The second kappa shape index (κ2) is 5.78. The van der Waals surface area contributed by atoms with Crippen LogP contribution in [0.2, 0.25) is 0 Å². The molecule has 0 saturated carbocycles. The lowest BCUT2D eigenvalue weighted by molar-refractivity contribution is 0.613. The number of imidazole rings is 1. The number of hydrogen-bond donors (Lipinski definition) is 0. The maximum absolute atomic E-state index is 13.9. The Labute approximate surface area is 135 Å². The molecule has 1 atom stereocenters. The summed E-state index contributed by atoms with van der Waals surface area (Å²) in [5.41, 5.74) is 2.62. The molecule has 108 valence electrons. The maximum Gasteiger partial charge on any atom is 0.139 e. The fourth-order valence-corrected chi connectivity index (χ4v) is 3.07. The summed E-state index contributed by atoms with van der Waals surface area (Å²) in [5, 5.41) is 0. The molecule has 0 bridgehead atoms. The largest absolute Gasteiger partial charge is 0.320 e. The van der Waals surface area contributed by atoms with Gasteiger partial charge in [-0.1, -0.05) is 30.3 Å². The minimum atomic E-state index is -0.301. The molecule has 21 heavy (non-hydrogen) atoms. The Balaban J connectivity index is 2.23. The Bertz CT molecular complexity index is 786. The minimum absolute atomic E-state index is 0.0329. The highest BCUT2D eigenvalue weighted by atomic mass is 79.9. The van der Waals surface area contributed by atoms with Gasteiger partial charge in [0.2, 0.25) is 0 Å². The van der Waals surface area contributed by atoms with Crippen LogP contribution in [0.15, 0.2) is 46.9 Å². The molecule has 0 saturated heterocycles. The lowest BCUT2D eigenvalue weighted by atomic mass is 10.1. The Morgan fingerprint density at radius 1 is 1.29 bits per heavy atom. The van der Waals surface area contributed by atoms with E-state index in [1.54, 1.807) is 6.07 Å². The first-order chi connectivity index (χ1) is 10.1. The van der Waals surface area contributed by atoms with Crippen molar-refractivity contribution in [2.24, 2.45) is 0 Å². The van der Waals surface area contributed by atoms with Crippen molar-refractivity contribution >= 4 is 38.6 Å². The zero-order chi connectivity index (χ0) is 15.0. The van der Waals surface area contributed by atoms with Crippen LogP contribution < -0.4 is 0 Å². The van der Waals surface area contributed by atoms with Crippen LogP contribution in [-0.4, -0.2) is 9.55 Å². The van der Waals surface area contributed by atoms with E-state index < -0.39 is 0 Å². The predicted molar refractivity (Wildman–Crippen MR) is 87.2 cm³/mol. The third kappa shape index (κ3) is 2.58. The maximum atomic E-state index is 13.9. The predicted octanol–water partition coefficient (Wildman–Crippen LogP) is 5.29. The van der Waals surface area contributed by atoms with Gasteiger partial charge in [-0.25, -0.2) is 9.37 Å². The average Bonchev–Trinajstić information content (AvgIpc) is 2.85. The molecule has 1 unspecified atom stereocenters. The summed E-state index contributed by atoms with van der Waals surface area (Å²) in [6, 6.07) is 13.3. The van der Waals surface area contributed by atoms with Gasteiger partial charge in [0.15, 0.2) is 0 Å². The second-order valence-corrected chi connectivity index (χ2v) is 5.99. The van der Waals surface area contributed by atoms with Gasteiger partial charge in [-0.15, -0.1) is 11.6 Å². The monoisotopic (exact) mass is 366 g/mol. The Morgan fingerprint density at radius 3 is 2.67 bits per heavy atom. The summed E-state index contributed by atoms with van der Waals surface area (Å²) in [4.78, 5) is 4.51. The van der Waals surface area contributed by atoms with Crippen molar-refractivity contribution in [3.05, 3.63) is 64.1 Å². The highest BCUT2D eigenvalue weighted by Gasteiger charge is 2.18. The van der Waals surface area contributed by atoms with Gasteiger partial charge in [0, 0.05) is 6.07 Å². The molecular formula is C16H13BrClFN2. The van der Waals surface area contributed by atoms with Crippen LogP contribution in [-0.2, 0) is 5.88 Å². The number of fused-ring (bicyclic) bond motifs is 1. The van der Waals surface area contributed by atoms with Crippen LogP contribution in [0.3, 0.4) is 0 Å². The molecule has 1 heterocycles. The zero-order valence-electron chi connectivity index (χ0n) is 11.4. The molecular weight excluding hydrogens is 355 g/mol. The summed E-state index contributed by atoms with van der Waals surface area (Å²) in [6.45, 7) is 2.06. The summed E-state index contributed by atoms with van der Waals surface area (Å²) in [7, 11) is 0. The molecule has 3 rings (SSSR count). The van der Waals surface area contributed by atoms with Gasteiger partial charge >= 0.3 is 0 Å². The number of halogens is 3. The van der Waals surface area contributed by atoms with E-state index in [-0.39, 0.29) is 17.7 Å². The number of alkyl halides is 1. The van der Waals surface area contributed by atoms with Crippen molar-refractivity contribution in [3.63, 3.8) is 0 Å². The molecule has 0 fully saturated rings. The van der Waals surface area contributed by atoms with E-state index in [9.17, 15) is 4.39 Å². The quantitative estimate of drug-likeness (QED) is 0.575. The van der Waals surface area contributed by atoms with Gasteiger partial charge in [0.25, 0.3) is 0 Å². The minimum Gasteiger partial charge on any atom is -0.320 e. The normalized spacial score (nSPS) is 12.8. The number of benzene rings is 2. The number of rotatable bonds is 3. The number of hydrogen-bond acceptors (Lipinski definition) is 1. The molecule has 5 heteroatoms. The molecule has 0 aliphatic heterocycles. The first-order valence-corrected chi connectivity index (χ1v) is 7.91. The van der Waals surface area contributed by atoms with E-state index >= 15 is 0 Å². The molecule has 0 aliphatic carbocycles. The topological polar surface area (TPSA) is 17.8 Å². The van der Waals surface area contributed by atoms with Crippen molar-refractivity contribution in [1.82, 2.24) is 9.55 Å². The molecule has 2 aromatic carbocycles. The summed E-state index contributed by atoms with van der Waals surface area (Å²) < 4.78 is 16.3. The Hall–Kier alpha value is -1.39. The van der Waals surface area contributed by atoms with Crippen molar-refractivity contribution in [3.8, 4) is 0 Å². The standard InChI is InChI=1S/C16H13BrClFN2/c1-10(11-5-3-2-4-6-11)21-15-8-13(19)12(17)7-14(15)20-16(21)9-18/h2-8,10H,9H2,1H3. The van der Waals surface area contributed by atoms with Crippen LogP contribution in [0.4, 0.5) is 4.39 Å². The van der Waals surface area contributed by atoms with Gasteiger partial charge < -0.3 is 4.57 Å². The summed E-state index contributed by atoms with van der Waals surface area (Å²) in [6.07, 6.45) is 0. The van der Waals surface area contributed by atoms with Gasteiger partial charge in [0.1, 0.15) is 11.6 Å². The SMILES string of the molecule is CC(c1ccccc1)n1c(CCl)nc2cc(Br)c(F)cc21. The average molecular weight is 368 g/mol. The molecule has 0 aliphatic rings. The lowest BCUT2D eigenvalue weighted by Gasteiger charge is -2.17. The second-order valence-electron chi connectivity index (χ2n) is 4.87. The van der Waals surface area contributed by atoms with Crippen molar-refractivity contribution in [2.75, 3.05) is 0 Å². The number of nitrogens with zero attached hydrogens (tertiary/aromatic N) is 2. The van der Waals surface area contributed by atoms with E-state index in [1.165, 1.54) is 6.07 Å². The van der Waals surface area contributed by atoms with Gasteiger partial charge in [-0.3, -0.25) is 0 Å². The lowest BCUT2D eigenvalue weighted by Crippen LogP contribution is -2.09. The smallest absolute Gasteiger partial charge is 0.139 e. The number of aromatic nitrogens is 2. The highest BCUT2D eigenvalue weighted by molar-refractivity contribution is 9.10. The third-order valence-electron chi connectivity index (χ3n) is 3.59. The van der Waals surface area contributed by atoms with E-state index in [2.05, 4.69) is 27.8 Å². The molecule has 0 spiro atoms. The van der Waals surface area contributed by atoms with Crippen LogP contribution >= 0.6 is 27.5 Å². The first kappa shape index (κ1) is 14.5. The van der Waals surface area contributed by atoms with E-state index in [4.69, 9.17) is 11.6 Å². The first-order valence-electron chi connectivity index (χ1n) is 6.58. The van der Waals surface area contributed by atoms with Crippen molar-refractivity contribution < 1.29 is 4.39 Å². The van der Waals surface area contributed by atoms with E-state index in [1.807, 2.05) is 34.9 Å². The molecule has 0 radical (unpaired) electrons. The Kier molecular flexibility index (Phi) is 4.00. The molecule has 3 aromatic rings. The van der Waals surface area contributed by atoms with E-state index in [0.29, 0.717) is 4.47 Å². The van der Waals surface area contributed by atoms with Crippen LogP contribution in [0, 0.1) is 5.82 Å². The van der Waals surface area contributed by atoms with Crippen LogP contribution in [0.5, 0.6) is 0 Å². The fourth-order valence-electron chi connectivity index (χ4n) is 2.55. The molecule has 0 amide bonds. The molecule has 1 aromatic heterocycles. The van der Waals surface area contributed by atoms with Gasteiger partial charge in [-0.2, -0.15) is 0 Å². The molecule has 2 nitrogen and oxygen atoms in total. The van der Waals surface area contributed by atoms with Gasteiger partial charge in [0.05, 0.1) is 27.4 Å². The zero-order valence-corrected chi connectivity index (χ0v) is 13.7.